The number of imidazole rings is 1. The van der Waals surface area contributed by atoms with Crippen molar-refractivity contribution in [2.75, 3.05) is 26.1 Å². The Morgan fingerprint density at radius 3 is 2.79 bits per heavy atom. The third kappa shape index (κ3) is 3.84. The number of aromatic nitrogens is 2. The fourth-order valence-electron chi connectivity index (χ4n) is 4.35. The van der Waals surface area contributed by atoms with Gasteiger partial charge >= 0.3 is 6.03 Å². The van der Waals surface area contributed by atoms with Crippen molar-refractivity contribution in [1.29, 1.82) is 0 Å². The molecule has 3 aromatic rings. The molecule has 5 atom stereocenters. The van der Waals surface area contributed by atoms with Gasteiger partial charge in [-0.25, -0.2) is 14.2 Å². The van der Waals surface area contributed by atoms with Crippen LogP contribution in [0, 0.1) is 5.82 Å². The van der Waals surface area contributed by atoms with Gasteiger partial charge in [-0.05, 0) is 18.2 Å². The maximum atomic E-state index is 13.4. The van der Waals surface area contributed by atoms with E-state index in [4.69, 9.17) is 18.9 Å². The number of carbonyl (C=O) groups is 1. The molecule has 2 bridgehead atoms. The average Bonchev–Trinajstić information content (AvgIpc) is 3.41. The van der Waals surface area contributed by atoms with E-state index < -0.39 is 42.4 Å². The minimum absolute atomic E-state index is 0.201. The molecule has 2 aromatic carbocycles. The number of hydrogen-bond donors (Lipinski definition) is 3. The first-order valence-electron chi connectivity index (χ1n) is 10.3. The van der Waals surface area contributed by atoms with Crippen molar-refractivity contribution in [1.82, 2.24) is 14.9 Å². The first-order chi connectivity index (χ1) is 16.0. The van der Waals surface area contributed by atoms with E-state index in [1.54, 1.807) is 29.1 Å². The molecule has 0 spiro atoms. The number of aliphatic hydroxyl groups is 1. The Morgan fingerprint density at radius 2 is 2.03 bits per heavy atom. The van der Waals surface area contributed by atoms with Gasteiger partial charge in [-0.1, -0.05) is 6.07 Å². The quantitative estimate of drug-likeness (QED) is 0.536. The summed E-state index contributed by atoms with van der Waals surface area (Å²) in [4.78, 5) is 17.0. The van der Waals surface area contributed by atoms with Gasteiger partial charge in [-0.15, -0.1) is 0 Å². The Balaban J connectivity index is 1.42. The number of hydrogen-bond acceptors (Lipinski definition) is 7. The number of anilines is 1. The summed E-state index contributed by atoms with van der Waals surface area (Å²) in [6.45, 7) is 0.201. The summed E-state index contributed by atoms with van der Waals surface area (Å²) in [5, 5.41) is 16.6. The van der Waals surface area contributed by atoms with Crippen LogP contribution in [-0.2, 0) is 9.47 Å². The molecule has 2 aliphatic rings. The number of benzene rings is 2. The fraction of sp³-hybridized carbons (Fsp3) is 0.364. The zero-order chi connectivity index (χ0) is 23.1. The van der Waals surface area contributed by atoms with E-state index >= 15 is 0 Å². The van der Waals surface area contributed by atoms with Gasteiger partial charge in [0.25, 0.3) is 0 Å². The molecule has 0 radical (unpaired) electrons. The number of methoxy groups -OCH3 is 2. The third-order valence-electron chi connectivity index (χ3n) is 5.91. The van der Waals surface area contributed by atoms with Crippen molar-refractivity contribution >= 4 is 22.8 Å². The molecule has 5 unspecified atom stereocenters. The van der Waals surface area contributed by atoms with E-state index in [1.807, 2.05) is 0 Å². The Morgan fingerprint density at radius 1 is 1.24 bits per heavy atom. The van der Waals surface area contributed by atoms with Crippen LogP contribution in [0.1, 0.15) is 6.04 Å². The van der Waals surface area contributed by atoms with Crippen LogP contribution in [0.2, 0.25) is 0 Å². The summed E-state index contributed by atoms with van der Waals surface area (Å²) in [5.41, 5.74) is 1.60. The van der Waals surface area contributed by atoms with E-state index in [0.29, 0.717) is 22.5 Å². The van der Waals surface area contributed by atoms with Gasteiger partial charge < -0.3 is 39.3 Å². The monoisotopic (exact) mass is 458 g/mol. The number of rotatable bonds is 5. The molecule has 0 aliphatic carbocycles. The predicted octanol–water partition coefficient (Wildman–Crippen LogP) is 2.04. The molecule has 3 N–H and O–H groups in total. The highest BCUT2D eigenvalue weighted by Crippen LogP contribution is 2.39. The summed E-state index contributed by atoms with van der Waals surface area (Å²) < 4.78 is 37.6. The van der Waals surface area contributed by atoms with E-state index in [-0.39, 0.29) is 12.3 Å². The molecule has 10 nitrogen and oxygen atoms in total. The number of nitrogens with one attached hydrogen (secondary N) is 2. The second kappa shape index (κ2) is 8.50. The Bertz CT molecular complexity index is 1190. The van der Waals surface area contributed by atoms with Crippen molar-refractivity contribution in [3.05, 3.63) is 48.5 Å². The van der Waals surface area contributed by atoms with E-state index in [0.717, 1.165) is 0 Å². The lowest BCUT2D eigenvalue weighted by molar-refractivity contribution is -0.162. The minimum Gasteiger partial charge on any atom is -0.493 e. The van der Waals surface area contributed by atoms with Crippen LogP contribution in [0.25, 0.3) is 11.0 Å². The van der Waals surface area contributed by atoms with Crippen molar-refractivity contribution in [3.63, 3.8) is 0 Å². The van der Waals surface area contributed by atoms with Crippen LogP contribution in [0.15, 0.2) is 42.7 Å². The number of fused-ring (bicyclic) bond motifs is 3. The zero-order valence-electron chi connectivity index (χ0n) is 17.9. The van der Waals surface area contributed by atoms with E-state index in [1.165, 1.54) is 32.4 Å². The van der Waals surface area contributed by atoms with Crippen molar-refractivity contribution < 1.29 is 33.2 Å². The summed E-state index contributed by atoms with van der Waals surface area (Å²) in [6.07, 6.45) is -0.740. The molecular weight excluding hydrogens is 435 g/mol. The Labute approximate surface area is 188 Å². The topological polar surface area (TPSA) is 116 Å². The van der Waals surface area contributed by atoms with Gasteiger partial charge in [0, 0.05) is 17.8 Å². The summed E-state index contributed by atoms with van der Waals surface area (Å²) in [6, 6.07) is 6.96. The van der Waals surface area contributed by atoms with Crippen LogP contribution < -0.4 is 20.1 Å². The standard InChI is InChI=1S/C22H23FN4O6/c1-30-15-7-13-14(8-16(15)31-2)27(10-24-13)19-20(28)18(17-9-32-21(19)33-17)26-22(29)25-12-5-3-4-11(23)6-12/h3-8,10,17-21,28H,9H2,1-2H3,(H2,25,26,29). The van der Waals surface area contributed by atoms with Crippen LogP contribution in [-0.4, -0.2) is 66.1 Å². The van der Waals surface area contributed by atoms with Crippen molar-refractivity contribution in [2.45, 2.75) is 30.6 Å². The Hall–Kier alpha value is -3.41. The molecule has 2 saturated heterocycles. The first-order valence-corrected chi connectivity index (χ1v) is 10.3. The number of urea groups is 1. The van der Waals surface area contributed by atoms with Gasteiger partial charge in [0.05, 0.1) is 44.2 Å². The fourth-order valence-corrected chi connectivity index (χ4v) is 4.35. The zero-order valence-corrected chi connectivity index (χ0v) is 17.9. The van der Waals surface area contributed by atoms with Crippen molar-refractivity contribution in [2.24, 2.45) is 0 Å². The van der Waals surface area contributed by atoms with Crippen LogP contribution >= 0.6 is 0 Å². The summed E-state index contributed by atoms with van der Waals surface area (Å²) in [7, 11) is 3.07. The maximum Gasteiger partial charge on any atom is 0.319 e. The van der Waals surface area contributed by atoms with Gasteiger partial charge in [-0.2, -0.15) is 0 Å². The molecule has 2 aliphatic heterocycles. The number of nitrogens with zero attached hydrogens (tertiary/aromatic N) is 2. The molecular formula is C22H23FN4O6. The van der Waals surface area contributed by atoms with Gasteiger partial charge in [0.1, 0.15) is 24.1 Å². The smallest absolute Gasteiger partial charge is 0.319 e. The molecule has 0 saturated carbocycles. The van der Waals surface area contributed by atoms with Gasteiger partial charge in [-0.3, -0.25) is 0 Å². The Kier molecular flexibility index (Phi) is 5.52. The SMILES string of the molecule is COc1cc2ncn(C3C4OCC(O4)C(NC(=O)Nc4cccc(F)c4)C3O)c2cc1OC. The van der Waals surface area contributed by atoms with Gasteiger partial charge in [0.2, 0.25) is 0 Å². The number of ether oxygens (including phenoxy) is 4. The minimum atomic E-state index is -1.06. The number of aliphatic hydroxyl groups excluding tert-OH is 1. The summed E-state index contributed by atoms with van der Waals surface area (Å²) >= 11 is 0. The van der Waals surface area contributed by atoms with Gasteiger partial charge in [0.15, 0.2) is 17.8 Å². The molecule has 1 aromatic heterocycles. The molecule has 5 rings (SSSR count). The lowest BCUT2D eigenvalue weighted by atomic mass is 9.95. The molecule has 3 heterocycles. The summed E-state index contributed by atoms with van der Waals surface area (Å²) in [5.74, 6) is 0.564. The van der Waals surface area contributed by atoms with Crippen molar-refractivity contribution in [3.8, 4) is 11.5 Å². The molecule has 33 heavy (non-hydrogen) atoms. The van der Waals surface area contributed by atoms with Crippen LogP contribution in [0.3, 0.4) is 0 Å². The number of carbonyl (C=O) groups excluding carboxylic acids is 1. The lowest BCUT2D eigenvalue weighted by Gasteiger charge is -2.39. The third-order valence-corrected chi connectivity index (χ3v) is 5.91. The van der Waals surface area contributed by atoms with E-state index in [9.17, 15) is 14.3 Å². The molecule has 2 fully saturated rings. The average molecular weight is 458 g/mol. The molecule has 2 amide bonds. The second-order valence-electron chi connectivity index (χ2n) is 7.84. The highest BCUT2D eigenvalue weighted by molar-refractivity contribution is 5.89. The largest absolute Gasteiger partial charge is 0.493 e. The number of amides is 2. The second-order valence-corrected chi connectivity index (χ2v) is 7.84. The van der Waals surface area contributed by atoms with Crippen LogP contribution in [0.5, 0.6) is 11.5 Å². The predicted molar refractivity (Wildman–Crippen MR) is 115 cm³/mol. The first kappa shape index (κ1) is 21.4. The molecule has 174 valence electrons. The lowest BCUT2D eigenvalue weighted by Crippen LogP contribution is -2.59. The normalized spacial score (nSPS) is 26.2. The maximum absolute atomic E-state index is 13.4. The van der Waals surface area contributed by atoms with E-state index in [2.05, 4.69) is 15.6 Å². The molecule has 11 heteroatoms. The highest BCUT2D eigenvalue weighted by atomic mass is 19.1. The van der Waals surface area contributed by atoms with Crippen LogP contribution in [0.4, 0.5) is 14.9 Å². The number of halogens is 1. The highest BCUT2D eigenvalue weighted by Gasteiger charge is 2.51.